The number of ether oxygens (including phenoxy) is 1. The highest BCUT2D eigenvalue weighted by atomic mass is 16.6. The van der Waals surface area contributed by atoms with E-state index in [2.05, 4.69) is 10.6 Å². The lowest BCUT2D eigenvalue weighted by Gasteiger charge is -2.19. The third kappa shape index (κ3) is 6.02. The fourth-order valence-electron chi connectivity index (χ4n) is 2.88. The SMILES string of the molecule is CC(C)(C)OC(=O)Nc1ccc(NC(=O)c2ccccc2C(=O)c2ccccc2)cc1. The summed E-state index contributed by atoms with van der Waals surface area (Å²) in [5.41, 5.74) is 1.60. The number of hydrogen-bond donors (Lipinski definition) is 2. The summed E-state index contributed by atoms with van der Waals surface area (Å²) in [5, 5.41) is 5.42. The van der Waals surface area contributed by atoms with Gasteiger partial charge in [0, 0.05) is 22.5 Å². The van der Waals surface area contributed by atoms with E-state index in [1.54, 1.807) is 93.6 Å². The molecule has 2 amide bonds. The lowest BCUT2D eigenvalue weighted by molar-refractivity contribution is 0.0635. The fourth-order valence-corrected chi connectivity index (χ4v) is 2.88. The first-order chi connectivity index (χ1) is 14.7. The van der Waals surface area contributed by atoms with Crippen molar-refractivity contribution in [2.24, 2.45) is 0 Å². The van der Waals surface area contributed by atoms with Gasteiger partial charge in [0.25, 0.3) is 5.91 Å². The van der Waals surface area contributed by atoms with Gasteiger partial charge >= 0.3 is 6.09 Å². The minimum atomic E-state index is -0.595. The van der Waals surface area contributed by atoms with Crippen molar-refractivity contribution in [3.05, 3.63) is 95.6 Å². The summed E-state index contributed by atoms with van der Waals surface area (Å²) in [6.07, 6.45) is -0.558. The molecule has 0 heterocycles. The predicted molar refractivity (Wildman–Crippen MR) is 121 cm³/mol. The van der Waals surface area contributed by atoms with Gasteiger partial charge in [-0.25, -0.2) is 4.79 Å². The van der Waals surface area contributed by atoms with Gasteiger partial charge in [-0.05, 0) is 51.1 Å². The highest BCUT2D eigenvalue weighted by Gasteiger charge is 2.18. The summed E-state index contributed by atoms with van der Waals surface area (Å²) < 4.78 is 5.21. The maximum atomic E-state index is 12.8. The smallest absolute Gasteiger partial charge is 0.412 e. The van der Waals surface area contributed by atoms with Crippen LogP contribution in [0.15, 0.2) is 78.9 Å². The van der Waals surface area contributed by atoms with Gasteiger partial charge in [-0.3, -0.25) is 14.9 Å². The Labute approximate surface area is 181 Å². The number of rotatable bonds is 5. The highest BCUT2D eigenvalue weighted by molar-refractivity contribution is 6.17. The standard InChI is InChI=1S/C25H24N2O4/c1-25(2,3)31-24(30)27-19-15-13-18(14-16-19)26-23(29)21-12-8-7-11-20(21)22(28)17-9-5-4-6-10-17/h4-16H,1-3H3,(H,26,29)(H,27,30). The van der Waals surface area contributed by atoms with Gasteiger partial charge in [0.1, 0.15) is 5.60 Å². The molecule has 3 aromatic carbocycles. The Hall–Kier alpha value is -3.93. The Kier molecular flexibility index (Phi) is 6.50. The van der Waals surface area contributed by atoms with Gasteiger partial charge in [-0.1, -0.05) is 48.5 Å². The first kappa shape index (κ1) is 21.8. The summed E-state index contributed by atoms with van der Waals surface area (Å²) in [6.45, 7) is 5.35. The van der Waals surface area contributed by atoms with Crippen LogP contribution < -0.4 is 10.6 Å². The third-order valence-corrected chi connectivity index (χ3v) is 4.24. The lowest BCUT2D eigenvalue weighted by Crippen LogP contribution is -2.27. The average Bonchev–Trinajstić information content (AvgIpc) is 2.74. The Balaban J connectivity index is 1.71. The number of amides is 2. The molecule has 0 saturated carbocycles. The first-order valence-electron chi connectivity index (χ1n) is 9.83. The number of carbonyl (C=O) groups is 3. The van der Waals surface area contributed by atoms with Crippen LogP contribution in [0.4, 0.5) is 16.2 Å². The molecule has 0 aromatic heterocycles. The van der Waals surface area contributed by atoms with Gasteiger partial charge in [-0.15, -0.1) is 0 Å². The van der Waals surface area contributed by atoms with Crippen LogP contribution in [0, 0.1) is 0 Å². The molecule has 0 aliphatic heterocycles. The van der Waals surface area contributed by atoms with Gasteiger partial charge in [0.05, 0.1) is 5.56 Å². The molecular formula is C25H24N2O4. The zero-order valence-corrected chi connectivity index (χ0v) is 17.6. The van der Waals surface area contributed by atoms with E-state index in [4.69, 9.17) is 4.74 Å². The molecule has 6 heteroatoms. The van der Waals surface area contributed by atoms with Crippen LogP contribution in [-0.4, -0.2) is 23.4 Å². The molecule has 6 nitrogen and oxygen atoms in total. The molecular weight excluding hydrogens is 392 g/mol. The predicted octanol–water partition coefficient (Wildman–Crippen LogP) is 5.52. The molecule has 3 aromatic rings. The van der Waals surface area contributed by atoms with Crippen LogP contribution in [-0.2, 0) is 4.74 Å². The molecule has 0 bridgehead atoms. The monoisotopic (exact) mass is 416 g/mol. The Morgan fingerprint density at radius 3 is 1.77 bits per heavy atom. The van der Waals surface area contributed by atoms with E-state index in [1.807, 2.05) is 6.07 Å². The summed E-state index contributed by atoms with van der Waals surface area (Å²) in [4.78, 5) is 37.5. The van der Waals surface area contributed by atoms with Crippen molar-refractivity contribution >= 4 is 29.2 Å². The molecule has 0 saturated heterocycles. The maximum Gasteiger partial charge on any atom is 0.412 e. The second-order valence-electron chi connectivity index (χ2n) is 7.90. The average molecular weight is 416 g/mol. The molecule has 0 unspecified atom stereocenters. The second kappa shape index (κ2) is 9.26. The van der Waals surface area contributed by atoms with Crippen molar-refractivity contribution in [2.75, 3.05) is 10.6 Å². The number of carbonyl (C=O) groups excluding carboxylic acids is 3. The Morgan fingerprint density at radius 1 is 0.677 bits per heavy atom. The quantitative estimate of drug-likeness (QED) is 0.537. The van der Waals surface area contributed by atoms with Crippen molar-refractivity contribution in [1.82, 2.24) is 0 Å². The topological polar surface area (TPSA) is 84.5 Å². The number of nitrogens with one attached hydrogen (secondary N) is 2. The first-order valence-corrected chi connectivity index (χ1v) is 9.83. The maximum absolute atomic E-state index is 12.8. The largest absolute Gasteiger partial charge is 0.444 e. The van der Waals surface area contributed by atoms with Crippen molar-refractivity contribution in [3.8, 4) is 0 Å². The van der Waals surface area contributed by atoms with Crippen LogP contribution in [0.25, 0.3) is 0 Å². The molecule has 0 aliphatic rings. The van der Waals surface area contributed by atoms with Gasteiger partial charge < -0.3 is 10.1 Å². The molecule has 0 radical (unpaired) electrons. The van der Waals surface area contributed by atoms with Crippen LogP contribution >= 0.6 is 0 Å². The minimum Gasteiger partial charge on any atom is -0.444 e. The molecule has 158 valence electrons. The number of hydrogen-bond acceptors (Lipinski definition) is 4. The van der Waals surface area contributed by atoms with Gasteiger partial charge in [0.15, 0.2) is 5.78 Å². The van der Waals surface area contributed by atoms with E-state index in [0.29, 0.717) is 22.5 Å². The molecule has 2 N–H and O–H groups in total. The van der Waals surface area contributed by atoms with E-state index < -0.39 is 17.6 Å². The zero-order chi connectivity index (χ0) is 22.4. The van der Waals surface area contributed by atoms with E-state index in [1.165, 1.54) is 0 Å². The summed E-state index contributed by atoms with van der Waals surface area (Å²) >= 11 is 0. The number of ketones is 1. The van der Waals surface area contributed by atoms with Crippen molar-refractivity contribution in [2.45, 2.75) is 26.4 Å². The normalized spacial score (nSPS) is 10.8. The summed E-state index contributed by atoms with van der Waals surface area (Å²) in [6, 6.07) is 22.1. The van der Waals surface area contributed by atoms with Crippen LogP contribution in [0.5, 0.6) is 0 Å². The Morgan fingerprint density at radius 2 is 1.19 bits per heavy atom. The molecule has 31 heavy (non-hydrogen) atoms. The van der Waals surface area contributed by atoms with Gasteiger partial charge in [0.2, 0.25) is 0 Å². The molecule has 0 fully saturated rings. The minimum absolute atomic E-state index is 0.219. The van der Waals surface area contributed by atoms with Crippen molar-refractivity contribution in [3.63, 3.8) is 0 Å². The third-order valence-electron chi connectivity index (χ3n) is 4.24. The molecule has 0 aliphatic carbocycles. The molecule has 3 rings (SSSR count). The highest BCUT2D eigenvalue weighted by Crippen LogP contribution is 2.19. The van der Waals surface area contributed by atoms with Crippen LogP contribution in [0.1, 0.15) is 47.1 Å². The Bertz CT molecular complexity index is 1080. The van der Waals surface area contributed by atoms with E-state index >= 15 is 0 Å². The zero-order valence-electron chi connectivity index (χ0n) is 17.6. The lowest BCUT2D eigenvalue weighted by atomic mass is 9.98. The van der Waals surface area contributed by atoms with Crippen LogP contribution in [0.3, 0.4) is 0 Å². The fraction of sp³-hybridized carbons (Fsp3) is 0.160. The van der Waals surface area contributed by atoms with Crippen LogP contribution in [0.2, 0.25) is 0 Å². The van der Waals surface area contributed by atoms with E-state index in [-0.39, 0.29) is 11.3 Å². The number of anilines is 2. The second-order valence-corrected chi connectivity index (χ2v) is 7.90. The summed E-state index contributed by atoms with van der Waals surface area (Å²) in [5.74, 6) is -0.615. The molecule has 0 atom stereocenters. The van der Waals surface area contributed by atoms with E-state index in [9.17, 15) is 14.4 Å². The van der Waals surface area contributed by atoms with Crippen molar-refractivity contribution in [1.29, 1.82) is 0 Å². The van der Waals surface area contributed by atoms with Gasteiger partial charge in [-0.2, -0.15) is 0 Å². The van der Waals surface area contributed by atoms with Crippen molar-refractivity contribution < 1.29 is 19.1 Å². The number of benzene rings is 3. The van der Waals surface area contributed by atoms with E-state index in [0.717, 1.165) is 0 Å². The summed E-state index contributed by atoms with van der Waals surface area (Å²) in [7, 11) is 0. The molecule has 0 spiro atoms.